The molecule has 3 aromatic rings. The van der Waals surface area contributed by atoms with Gasteiger partial charge in [-0.1, -0.05) is 36.4 Å². The van der Waals surface area contributed by atoms with Crippen LogP contribution in [0.25, 0.3) is 0 Å². The molecule has 1 atom stereocenters. The fourth-order valence-electron chi connectivity index (χ4n) is 2.95. The van der Waals surface area contributed by atoms with E-state index < -0.39 is 6.10 Å². The summed E-state index contributed by atoms with van der Waals surface area (Å²) in [5.74, 6) is 2.23. The first-order chi connectivity index (χ1) is 16.2. The Morgan fingerprint density at radius 1 is 1.00 bits per heavy atom. The molecule has 1 unspecified atom stereocenters. The maximum Gasteiger partial charge on any atom is 0.233 e. The van der Waals surface area contributed by atoms with Gasteiger partial charge in [-0.2, -0.15) is 5.10 Å². The maximum atomic E-state index is 10.1. The zero-order chi connectivity index (χ0) is 23.3. The number of ether oxygens (including phenoxy) is 3. The lowest BCUT2D eigenvalue weighted by atomic mass is 10.1. The van der Waals surface area contributed by atoms with Crippen LogP contribution in [-0.2, 0) is 6.42 Å². The molecule has 9 nitrogen and oxygen atoms in total. The molecule has 1 heterocycles. The number of anilines is 1. The van der Waals surface area contributed by atoms with Crippen LogP contribution in [0.15, 0.2) is 65.8 Å². The Morgan fingerprint density at radius 2 is 1.82 bits per heavy atom. The number of aromatic nitrogens is 2. The molecule has 2 aromatic carbocycles. The first-order valence-electron chi connectivity index (χ1n) is 10.6. The van der Waals surface area contributed by atoms with Gasteiger partial charge in [0.1, 0.15) is 12.7 Å². The van der Waals surface area contributed by atoms with Crippen LogP contribution in [0, 0.1) is 0 Å². The van der Waals surface area contributed by atoms with E-state index in [-0.39, 0.29) is 6.61 Å². The first kappa shape index (κ1) is 24.0. The zero-order valence-corrected chi connectivity index (χ0v) is 18.8. The van der Waals surface area contributed by atoms with Crippen molar-refractivity contribution in [3.05, 3.63) is 71.8 Å². The summed E-state index contributed by atoms with van der Waals surface area (Å²) in [5.41, 5.74) is 4.90. The molecule has 0 fully saturated rings. The van der Waals surface area contributed by atoms with E-state index in [2.05, 4.69) is 26.0 Å². The lowest BCUT2D eigenvalue weighted by Gasteiger charge is -2.13. The number of benzene rings is 2. The van der Waals surface area contributed by atoms with Gasteiger partial charge in [-0.05, 0) is 42.3 Å². The van der Waals surface area contributed by atoms with E-state index in [1.54, 1.807) is 32.6 Å². The molecule has 3 rings (SSSR count). The highest BCUT2D eigenvalue weighted by Gasteiger charge is 2.07. The van der Waals surface area contributed by atoms with E-state index in [4.69, 9.17) is 14.2 Å². The van der Waals surface area contributed by atoms with Crippen molar-refractivity contribution >= 4 is 12.0 Å². The van der Waals surface area contributed by atoms with Gasteiger partial charge in [0.05, 0.1) is 20.4 Å². The SMILES string of the molecule is COc1ccc(CCNCC(O)COc2ccc(NN=Cc3ccccc3)nn2)cc1OC. The Bertz CT molecular complexity index is 999. The Labute approximate surface area is 193 Å². The number of hydrazone groups is 1. The molecule has 0 amide bonds. The summed E-state index contributed by atoms with van der Waals surface area (Å²) in [5, 5.41) is 25.5. The fraction of sp³-hybridized carbons (Fsp3) is 0.292. The smallest absolute Gasteiger partial charge is 0.233 e. The number of methoxy groups -OCH3 is 2. The van der Waals surface area contributed by atoms with Crippen molar-refractivity contribution in [2.75, 3.05) is 39.3 Å². The summed E-state index contributed by atoms with van der Waals surface area (Å²) in [7, 11) is 3.23. The standard InChI is InChI=1S/C24H29N5O4/c1-31-21-9-8-18(14-22(21)32-2)12-13-25-16-20(30)17-33-24-11-10-23(28-29-24)27-26-15-19-6-4-3-5-7-19/h3-11,14-15,20,25,30H,12-13,16-17H2,1-2H3,(H,27,28). The normalized spacial score (nSPS) is 11.8. The minimum absolute atomic E-state index is 0.108. The highest BCUT2D eigenvalue weighted by Crippen LogP contribution is 2.27. The van der Waals surface area contributed by atoms with Crippen LogP contribution in [0.3, 0.4) is 0 Å². The number of nitrogens with one attached hydrogen (secondary N) is 2. The molecule has 0 radical (unpaired) electrons. The Hall–Kier alpha value is -3.69. The van der Waals surface area contributed by atoms with Gasteiger partial charge in [0.15, 0.2) is 17.3 Å². The van der Waals surface area contributed by atoms with Gasteiger partial charge in [-0.3, -0.25) is 5.43 Å². The molecule has 0 spiro atoms. The minimum atomic E-state index is -0.675. The maximum absolute atomic E-state index is 10.1. The average Bonchev–Trinajstić information content (AvgIpc) is 2.86. The number of hydrogen-bond donors (Lipinski definition) is 3. The zero-order valence-electron chi connectivity index (χ0n) is 18.8. The van der Waals surface area contributed by atoms with Gasteiger partial charge in [-0.25, -0.2) is 0 Å². The monoisotopic (exact) mass is 451 g/mol. The Kier molecular flexibility index (Phi) is 9.44. The highest BCUT2D eigenvalue weighted by atomic mass is 16.5. The number of aliphatic hydroxyl groups is 1. The van der Waals surface area contributed by atoms with Gasteiger partial charge in [0.2, 0.25) is 5.88 Å². The van der Waals surface area contributed by atoms with E-state index in [9.17, 15) is 5.11 Å². The predicted octanol–water partition coefficient (Wildman–Crippen LogP) is 2.51. The van der Waals surface area contributed by atoms with Crippen LogP contribution < -0.4 is 25.0 Å². The quantitative estimate of drug-likeness (QED) is 0.207. The lowest BCUT2D eigenvalue weighted by Crippen LogP contribution is -2.32. The average molecular weight is 452 g/mol. The molecule has 0 saturated carbocycles. The van der Waals surface area contributed by atoms with Crippen LogP contribution in [0.1, 0.15) is 11.1 Å². The van der Waals surface area contributed by atoms with Crippen molar-refractivity contribution < 1.29 is 19.3 Å². The number of aliphatic hydroxyl groups excluding tert-OH is 1. The molecular weight excluding hydrogens is 422 g/mol. The second kappa shape index (κ2) is 13.0. The third-order valence-corrected chi connectivity index (χ3v) is 4.67. The van der Waals surface area contributed by atoms with Crippen LogP contribution in [0.5, 0.6) is 17.4 Å². The van der Waals surface area contributed by atoms with Gasteiger partial charge < -0.3 is 24.6 Å². The molecule has 0 aliphatic heterocycles. The van der Waals surface area contributed by atoms with Crippen LogP contribution >= 0.6 is 0 Å². The van der Waals surface area contributed by atoms with Crippen molar-refractivity contribution in [2.24, 2.45) is 5.10 Å². The third kappa shape index (κ3) is 8.06. The van der Waals surface area contributed by atoms with Crippen molar-refractivity contribution in [3.8, 4) is 17.4 Å². The van der Waals surface area contributed by atoms with Crippen molar-refractivity contribution in [1.29, 1.82) is 0 Å². The van der Waals surface area contributed by atoms with Crippen molar-refractivity contribution in [2.45, 2.75) is 12.5 Å². The summed E-state index contributed by atoms with van der Waals surface area (Å²) < 4.78 is 16.1. The van der Waals surface area contributed by atoms with Crippen LogP contribution in [0.4, 0.5) is 5.82 Å². The molecule has 0 aliphatic rings. The number of nitrogens with zero attached hydrogens (tertiary/aromatic N) is 3. The second-order valence-corrected chi connectivity index (χ2v) is 7.15. The lowest BCUT2D eigenvalue weighted by molar-refractivity contribution is 0.103. The molecule has 1 aromatic heterocycles. The van der Waals surface area contributed by atoms with E-state index >= 15 is 0 Å². The van der Waals surface area contributed by atoms with Crippen molar-refractivity contribution in [1.82, 2.24) is 15.5 Å². The van der Waals surface area contributed by atoms with Gasteiger partial charge in [0.25, 0.3) is 0 Å². The van der Waals surface area contributed by atoms with Crippen molar-refractivity contribution in [3.63, 3.8) is 0 Å². The second-order valence-electron chi connectivity index (χ2n) is 7.15. The predicted molar refractivity (Wildman–Crippen MR) is 127 cm³/mol. The Balaban J connectivity index is 1.33. The van der Waals surface area contributed by atoms with Gasteiger partial charge in [-0.15, -0.1) is 10.2 Å². The Morgan fingerprint density at radius 3 is 2.55 bits per heavy atom. The van der Waals surface area contributed by atoms with Gasteiger partial charge in [0, 0.05) is 12.6 Å². The summed E-state index contributed by atoms with van der Waals surface area (Å²) >= 11 is 0. The minimum Gasteiger partial charge on any atom is -0.493 e. The molecule has 0 bridgehead atoms. The first-order valence-corrected chi connectivity index (χ1v) is 10.6. The molecule has 0 saturated heterocycles. The van der Waals surface area contributed by atoms with E-state index in [1.165, 1.54) is 0 Å². The number of rotatable bonds is 13. The number of hydrogen-bond acceptors (Lipinski definition) is 9. The van der Waals surface area contributed by atoms with Crippen LogP contribution in [0.2, 0.25) is 0 Å². The fourth-order valence-corrected chi connectivity index (χ4v) is 2.95. The molecule has 33 heavy (non-hydrogen) atoms. The topological polar surface area (TPSA) is 110 Å². The van der Waals surface area contributed by atoms with Gasteiger partial charge >= 0.3 is 0 Å². The summed E-state index contributed by atoms with van der Waals surface area (Å²) in [6.07, 6.45) is 1.81. The van der Waals surface area contributed by atoms with E-state index in [1.807, 2.05) is 48.5 Å². The molecule has 0 aliphatic carbocycles. The highest BCUT2D eigenvalue weighted by molar-refractivity contribution is 5.79. The molecule has 174 valence electrons. The molecule has 9 heteroatoms. The molecular formula is C24H29N5O4. The molecule has 3 N–H and O–H groups in total. The summed E-state index contributed by atoms with van der Waals surface area (Å²) in [4.78, 5) is 0. The third-order valence-electron chi connectivity index (χ3n) is 4.67. The largest absolute Gasteiger partial charge is 0.493 e. The summed E-state index contributed by atoms with van der Waals surface area (Å²) in [6, 6.07) is 18.9. The van der Waals surface area contributed by atoms with E-state index in [0.717, 1.165) is 17.5 Å². The van der Waals surface area contributed by atoms with E-state index in [0.29, 0.717) is 36.3 Å². The summed E-state index contributed by atoms with van der Waals surface area (Å²) in [6.45, 7) is 1.21. The van der Waals surface area contributed by atoms with Crippen LogP contribution in [-0.4, -0.2) is 61.5 Å².